The van der Waals surface area contributed by atoms with Crippen molar-refractivity contribution in [1.82, 2.24) is 35.2 Å². The molecular weight excluding hydrogens is 412 g/mol. The summed E-state index contributed by atoms with van der Waals surface area (Å²) in [7, 11) is 4.09. The lowest BCUT2D eigenvalue weighted by Crippen LogP contribution is -2.10. The average molecular weight is 439 g/mol. The Bertz CT molecular complexity index is 1400. The molecular formula is C25H26N8. The average Bonchev–Trinajstić information content (AvgIpc) is 3.48. The minimum atomic E-state index is 0.588. The molecule has 8 heteroatoms. The Morgan fingerprint density at radius 1 is 0.970 bits per heavy atom. The highest BCUT2D eigenvalue weighted by atomic mass is 15.5. The van der Waals surface area contributed by atoms with E-state index in [2.05, 4.69) is 73.4 Å². The number of nitrogens with one attached hydrogen (secondary N) is 1. The number of hydrogen-bond donors (Lipinski definition) is 1. The molecule has 166 valence electrons. The number of nitrogens with zero attached hydrogens (tertiary/aromatic N) is 7. The second-order valence-corrected chi connectivity index (χ2v) is 8.30. The van der Waals surface area contributed by atoms with Crippen molar-refractivity contribution in [3.8, 4) is 22.5 Å². The standard InChI is InChI=1S/C25H26N8/c1-5-22-27-23-21(32(3)4)14-16(2)26-25(23)33(22)15-17-10-12-18(13-11-17)19-8-6-7-9-20(19)24-28-30-31-29-24/h6-14H,5,15H2,1-4H3,(H,28,29,30,31). The smallest absolute Gasteiger partial charge is 0.205 e. The SMILES string of the molecule is CCc1nc2c(N(C)C)cc(C)nc2n1Cc1ccc(-c2ccccc2-c2nn[nH]n2)cc1. The lowest BCUT2D eigenvalue weighted by atomic mass is 9.98. The summed E-state index contributed by atoms with van der Waals surface area (Å²) >= 11 is 0. The summed E-state index contributed by atoms with van der Waals surface area (Å²) in [6.45, 7) is 4.89. The van der Waals surface area contributed by atoms with E-state index < -0.39 is 0 Å². The lowest BCUT2D eigenvalue weighted by molar-refractivity contribution is 0.745. The maximum Gasteiger partial charge on any atom is 0.205 e. The van der Waals surface area contributed by atoms with Crippen molar-refractivity contribution in [1.29, 1.82) is 0 Å². The van der Waals surface area contributed by atoms with Crippen molar-refractivity contribution in [2.75, 3.05) is 19.0 Å². The van der Waals surface area contributed by atoms with E-state index in [0.717, 1.165) is 58.0 Å². The quantitative estimate of drug-likeness (QED) is 0.426. The number of hydrogen-bond acceptors (Lipinski definition) is 6. The maximum absolute atomic E-state index is 4.93. The minimum Gasteiger partial charge on any atom is -0.376 e. The molecule has 1 N–H and O–H groups in total. The van der Waals surface area contributed by atoms with Gasteiger partial charge < -0.3 is 9.47 Å². The Morgan fingerprint density at radius 3 is 2.39 bits per heavy atom. The summed E-state index contributed by atoms with van der Waals surface area (Å²) in [6.07, 6.45) is 0.846. The zero-order chi connectivity index (χ0) is 22.9. The topological polar surface area (TPSA) is 88.4 Å². The monoisotopic (exact) mass is 438 g/mol. The summed E-state index contributed by atoms with van der Waals surface area (Å²) in [5.41, 5.74) is 8.29. The van der Waals surface area contributed by atoms with Crippen molar-refractivity contribution in [2.24, 2.45) is 0 Å². The molecule has 0 saturated heterocycles. The van der Waals surface area contributed by atoms with Crippen molar-refractivity contribution in [3.05, 3.63) is 71.7 Å². The van der Waals surface area contributed by atoms with Crippen LogP contribution < -0.4 is 4.90 Å². The van der Waals surface area contributed by atoms with Gasteiger partial charge in [0.05, 0.1) is 12.2 Å². The Hall–Kier alpha value is -4.07. The van der Waals surface area contributed by atoms with Crippen LogP contribution in [-0.4, -0.2) is 49.3 Å². The molecule has 0 aliphatic carbocycles. The molecule has 0 saturated carbocycles. The summed E-state index contributed by atoms with van der Waals surface area (Å²) in [5, 5.41) is 14.5. The van der Waals surface area contributed by atoms with E-state index >= 15 is 0 Å². The number of aromatic nitrogens is 7. The molecule has 0 unspecified atom stereocenters. The van der Waals surface area contributed by atoms with Gasteiger partial charge in [-0.1, -0.05) is 55.5 Å². The lowest BCUT2D eigenvalue weighted by Gasteiger charge is -2.14. The fourth-order valence-corrected chi connectivity index (χ4v) is 4.20. The molecule has 5 aromatic rings. The highest BCUT2D eigenvalue weighted by Gasteiger charge is 2.17. The van der Waals surface area contributed by atoms with Gasteiger partial charge in [0.2, 0.25) is 5.82 Å². The van der Waals surface area contributed by atoms with Crippen molar-refractivity contribution >= 4 is 16.9 Å². The number of rotatable bonds is 6. The second kappa shape index (κ2) is 8.46. The minimum absolute atomic E-state index is 0.588. The van der Waals surface area contributed by atoms with Crippen LogP contribution in [0.5, 0.6) is 0 Å². The fourth-order valence-electron chi connectivity index (χ4n) is 4.20. The van der Waals surface area contributed by atoms with Gasteiger partial charge in [-0.2, -0.15) is 5.21 Å². The number of pyridine rings is 1. The van der Waals surface area contributed by atoms with Gasteiger partial charge in [-0.05, 0) is 34.9 Å². The number of aromatic amines is 1. The van der Waals surface area contributed by atoms with Gasteiger partial charge in [0.25, 0.3) is 0 Å². The van der Waals surface area contributed by atoms with E-state index in [1.807, 2.05) is 39.2 Å². The normalized spacial score (nSPS) is 11.3. The highest BCUT2D eigenvalue weighted by molar-refractivity contribution is 5.87. The first kappa shape index (κ1) is 20.8. The zero-order valence-corrected chi connectivity index (χ0v) is 19.2. The maximum atomic E-state index is 4.93. The molecule has 5 rings (SSSR count). The van der Waals surface area contributed by atoms with Gasteiger partial charge in [0.15, 0.2) is 5.65 Å². The molecule has 0 spiro atoms. The number of benzene rings is 2. The molecule has 0 bridgehead atoms. The first-order chi connectivity index (χ1) is 16.0. The largest absolute Gasteiger partial charge is 0.376 e. The van der Waals surface area contributed by atoms with Crippen LogP contribution in [-0.2, 0) is 13.0 Å². The van der Waals surface area contributed by atoms with Gasteiger partial charge in [-0.15, -0.1) is 10.2 Å². The molecule has 33 heavy (non-hydrogen) atoms. The van der Waals surface area contributed by atoms with Gasteiger partial charge in [0.1, 0.15) is 11.3 Å². The van der Waals surface area contributed by atoms with Crippen LogP contribution in [0.25, 0.3) is 33.7 Å². The summed E-state index contributed by atoms with van der Waals surface area (Å²) < 4.78 is 2.23. The van der Waals surface area contributed by atoms with E-state index in [1.165, 1.54) is 5.56 Å². The predicted molar refractivity (Wildman–Crippen MR) is 130 cm³/mol. The highest BCUT2D eigenvalue weighted by Crippen LogP contribution is 2.31. The van der Waals surface area contributed by atoms with E-state index in [0.29, 0.717) is 5.82 Å². The van der Waals surface area contributed by atoms with Crippen LogP contribution in [0.1, 0.15) is 24.0 Å². The van der Waals surface area contributed by atoms with Crippen molar-refractivity contribution in [3.63, 3.8) is 0 Å². The van der Waals surface area contributed by atoms with Crippen LogP contribution >= 0.6 is 0 Å². The summed E-state index contributed by atoms with van der Waals surface area (Å²) in [5.74, 6) is 1.63. The fraction of sp³-hybridized carbons (Fsp3) is 0.240. The van der Waals surface area contributed by atoms with Gasteiger partial charge >= 0.3 is 0 Å². The Morgan fingerprint density at radius 2 is 1.73 bits per heavy atom. The van der Waals surface area contributed by atoms with Gasteiger partial charge in [-0.25, -0.2) is 9.97 Å². The number of imidazole rings is 1. The van der Waals surface area contributed by atoms with E-state index in [9.17, 15) is 0 Å². The van der Waals surface area contributed by atoms with Gasteiger partial charge in [0, 0.05) is 31.8 Å². The zero-order valence-electron chi connectivity index (χ0n) is 19.2. The van der Waals surface area contributed by atoms with Crippen LogP contribution in [0.4, 0.5) is 5.69 Å². The number of anilines is 1. The molecule has 8 nitrogen and oxygen atoms in total. The Kier molecular flexibility index (Phi) is 5.34. The van der Waals surface area contributed by atoms with Crippen LogP contribution in [0, 0.1) is 6.92 Å². The van der Waals surface area contributed by atoms with E-state index in [-0.39, 0.29) is 0 Å². The molecule has 0 aliphatic heterocycles. The Balaban J connectivity index is 1.51. The first-order valence-corrected chi connectivity index (χ1v) is 11.0. The van der Waals surface area contributed by atoms with E-state index in [4.69, 9.17) is 9.97 Å². The molecule has 2 aromatic carbocycles. The number of tetrazole rings is 1. The third-order valence-corrected chi connectivity index (χ3v) is 5.81. The molecule has 3 aromatic heterocycles. The van der Waals surface area contributed by atoms with Crippen LogP contribution in [0.2, 0.25) is 0 Å². The predicted octanol–water partition coefficient (Wildman–Crippen LogP) is 4.26. The number of aryl methyl sites for hydroxylation is 2. The Labute approximate surface area is 192 Å². The molecule has 0 aliphatic rings. The van der Waals surface area contributed by atoms with Crippen LogP contribution in [0.3, 0.4) is 0 Å². The number of fused-ring (bicyclic) bond motifs is 1. The summed E-state index contributed by atoms with van der Waals surface area (Å²) in [4.78, 5) is 11.9. The third kappa shape index (κ3) is 3.84. The number of H-pyrrole nitrogens is 1. The molecule has 0 amide bonds. The van der Waals surface area contributed by atoms with Gasteiger partial charge in [-0.3, -0.25) is 0 Å². The van der Waals surface area contributed by atoms with E-state index in [1.54, 1.807) is 0 Å². The van der Waals surface area contributed by atoms with Crippen molar-refractivity contribution < 1.29 is 0 Å². The molecule has 0 fully saturated rings. The molecule has 0 atom stereocenters. The van der Waals surface area contributed by atoms with Crippen LogP contribution in [0.15, 0.2) is 54.6 Å². The van der Waals surface area contributed by atoms with Crippen molar-refractivity contribution in [2.45, 2.75) is 26.8 Å². The second-order valence-electron chi connectivity index (χ2n) is 8.30. The molecule has 3 heterocycles. The third-order valence-electron chi connectivity index (χ3n) is 5.81. The summed E-state index contributed by atoms with van der Waals surface area (Å²) in [6, 6.07) is 18.8. The molecule has 0 radical (unpaired) electrons. The first-order valence-electron chi connectivity index (χ1n) is 11.0.